The van der Waals surface area contributed by atoms with Gasteiger partial charge in [0, 0.05) is 9.50 Å². The van der Waals surface area contributed by atoms with E-state index in [1.807, 2.05) is 4.72 Å². The molecule has 0 aromatic heterocycles. The van der Waals surface area contributed by atoms with Gasteiger partial charge in [-0.2, -0.15) is 0 Å². The smallest absolute Gasteiger partial charge is 0.266 e. The molecule has 120 valence electrons. The van der Waals surface area contributed by atoms with Crippen LogP contribution in [0.2, 0.25) is 5.02 Å². The summed E-state index contributed by atoms with van der Waals surface area (Å²) in [7, 11) is -4.02. The zero-order valence-corrected chi connectivity index (χ0v) is 14.6. The van der Waals surface area contributed by atoms with E-state index in [2.05, 4.69) is 15.9 Å². The van der Waals surface area contributed by atoms with Crippen molar-refractivity contribution in [2.45, 2.75) is 0 Å². The van der Waals surface area contributed by atoms with Crippen molar-refractivity contribution in [3.8, 4) is 0 Å². The lowest BCUT2D eigenvalue weighted by atomic mass is 10.2. The molecule has 0 aliphatic heterocycles. The van der Waals surface area contributed by atoms with E-state index < -0.39 is 21.7 Å². The minimum absolute atomic E-state index is 0.00104. The standard InChI is InChI=1S/C15H10BrClFNO3S/c16-13-9-11(18)5-6-12(13)15(20)19-23(21,22)8-7-10-3-1-2-4-14(10)17/h1-9H,(H,19,20). The molecule has 0 saturated heterocycles. The van der Waals surface area contributed by atoms with Crippen molar-refractivity contribution in [3.63, 3.8) is 0 Å². The Bertz CT molecular complexity index is 884. The molecule has 0 saturated carbocycles. The molecule has 0 heterocycles. The molecule has 1 N–H and O–H groups in total. The molecule has 0 atom stereocenters. The maximum atomic E-state index is 13.0. The fourth-order valence-electron chi connectivity index (χ4n) is 1.66. The summed E-state index contributed by atoms with van der Waals surface area (Å²) < 4.78 is 38.9. The number of hydrogen-bond acceptors (Lipinski definition) is 3. The number of halogens is 3. The van der Waals surface area contributed by atoms with Crippen LogP contribution < -0.4 is 4.72 Å². The van der Waals surface area contributed by atoms with Gasteiger partial charge < -0.3 is 0 Å². The lowest BCUT2D eigenvalue weighted by Crippen LogP contribution is -2.29. The fraction of sp³-hybridized carbons (Fsp3) is 0. The summed E-state index contributed by atoms with van der Waals surface area (Å²) >= 11 is 8.92. The third-order valence-electron chi connectivity index (χ3n) is 2.74. The van der Waals surface area contributed by atoms with Crippen molar-refractivity contribution < 1.29 is 17.6 Å². The second kappa shape index (κ2) is 7.25. The molecule has 0 radical (unpaired) electrons. The average molecular weight is 419 g/mol. The Balaban J connectivity index is 2.18. The van der Waals surface area contributed by atoms with Crippen molar-refractivity contribution in [1.82, 2.24) is 4.72 Å². The van der Waals surface area contributed by atoms with Crippen molar-refractivity contribution in [2.24, 2.45) is 0 Å². The number of amides is 1. The van der Waals surface area contributed by atoms with E-state index in [0.29, 0.717) is 10.6 Å². The lowest BCUT2D eigenvalue weighted by molar-refractivity contribution is 0.0981. The van der Waals surface area contributed by atoms with Crippen LogP contribution in [0.25, 0.3) is 6.08 Å². The van der Waals surface area contributed by atoms with Crippen molar-refractivity contribution in [3.05, 3.63) is 74.3 Å². The molecular formula is C15H10BrClFNO3S. The van der Waals surface area contributed by atoms with Crippen LogP contribution in [0.3, 0.4) is 0 Å². The molecule has 0 unspecified atom stereocenters. The Hall–Kier alpha value is -1.70. The van der Waals surface area contributed by atoms with E-state index in [1.165, 1.54) is 12.1 Å². The average Bonchev–Trinajstić information content (AvgIpc) is 2.45. The minimum Gasteiger partial charge on any atom is -0.268 e. The molecule has 0 spiro atoms. The van der Waals surface area contributed by atoms with Crippen LogP contribution in [-0.4, -0.2) is 14.3 Å². The zero-order valence-electron chi connectivity index (χ0n) is 11.5. The summed E-state index contributed by atoms with van der Waals surface area (Å²) in [5.41, 5.74) is 0.496. The maximum Gasteiger partial charge on any atom is 0.266 e. The van der Waals surface area contributed by atoms with Crippen LogP contribution in [0.1, 0.15) is 15.9 Å². The van der Waals surface area contributed by atoms with Crippen LogP contribution >= 0.6 is 27.5 Å². The molecule has 8 heteroatoms. The number of rotatable bonds is 4. The summed E-state index contributed by atoms with van der Waals surface area (Å²) in [6.45, 7) is 0. The molecule has 23 heavy (non-hydrogen) atoms. The minimum atomic E-state index is -4.02. The second-order valence-electron chi connectivity index (χ2n) is 4.42. The molecule has 0 fully saturated rings. The molecule has 0 aliphatic carbocycles. The van der Waals surface area contributed by atoms with Gasteiger partial charge in [0.25, 0.3) is 15.9 Å². The van der Waals surface area contributed by atoms with Crippen molar-refractivity contribution >= 4 is 49.5 Å². The number of benzene rings is 2. The Morgan fingerprint density at radius 3 is 2.57 bits per heavy atom. The predicted molar refractivity (Wildman–Crippen MR) is 91.0 cm³/mol. The first-order chi connectivity index (χ1) is 10.8. The molecule has 0 bridgehead atoms. The van der Waals surface area contributed by atoms with E-state index in [9.17, 15) is 17.6 Å². The molecule has 4 nitrogen and oxygen atoms in total. The van der Waals surface area contributed by atoms with Gasteiger partial charge in [0.05, 0.1) is 11.0 Å². The normalized spacial score (nSPS) is 11.6. The molecule has 1 amide bonds. The Kier molecular flexibility index (Phi) is 5.56. The molecule has 0 aliphatic rings. The molecule has 2 rings (SSSR count). The maximum absolute atomic E-state index is 13.0. The highest BCUT2D eigenvalue weighted by Gasteiger charge is 2.16. The van der Waals surface area contributed by atoms with Gasteiger partial charge >= 0.3 is 0 Å². The van der Waals surface area contributed by atoms with E-state index in [4.69, 9.17) is 11.6 Å². The highest BCUT2D eigenvalue weighted by molar-refractivity contribution is 9.10. The number of nitrogens with one attached hydrogen (secondary N) is 1. The highest BCUT2D eigenvalue weighted by Crippen LogP contribution is 2.19. The first-order valence-corrected chi connectivity index (χ1v) is 8.95. The largest absolute Gasteiger partial charge is 0.268 e. The Labute approximate surface area is 146 Å². The topological polar surface area (TPSA) is 63.2 Å². The first kappa shape index (κ1) is 17.7. The van der Waals surface area contributed by atoms with Gasteiger partial charge in [0.2, 0.25) is 0 Å². The van der Waals surface area contributed by atoms with Crippen LogP contribution in [-0.2, 0) is 10.0 Å². The summed E-state index contributed by atoms with van der Waals surface area (Å²) in [5.74, 6) is -1.42. The number of carbonyl (C=O) groups is 1. The summed E-state index contributed by atoms with van der Waals surface area (Å²) in [6, 6.07) is 9.97. The van der Waals surface area contributed by atoms with Crippen LogP contribution in [0.5, 0.6) is 0 Å². The van der Waals surface area contributed by atoms with Gasteiger partial charge in [-0.25, -0.2) is 17.5 Å². The van der Waals surface area contributed by atoms with Crippen LogP contribution in [0.15, 0.2) is 52.3 Å². The molecule has 2 aromatic carbocycles. The van der Waals surface area contributed by atoms with Gasteiger partial charge in [-0.3, -0.25) is 4.79 Å². The van der Waals surface area contributed by atoms with E-state index in [-0.39, 0.29) is 10.0 Å². The van der Waals surface area contributed by atoms with Gasteiger partial charge in [-0.1, -0.05) is 29.8 Å². The fourth-order valence-corrected chi connectivity index (χ4v) is 3.16. The quantitative estimate of drug-likeness (QED) is 0.817. The zero-order chi connectivity index (χ0) is 17.0. The number of sulfonamides is 1. The van der Waals surface area contributed by atoms with E-state index in [0.717, 1.165) is 17.5 Å². The van der Waals surface area contributed by atoms with Crippen LogP contribution in [0.4, 0.5) is 4.39 Å². The van der Waals surface area contributed by atoms with Gasteiger partial charge in [0.15, 0.2) is 0 Å². The SMILES string of the molecule is O=C(NS(=O)(=O)C=Cc1ccccc1Cl)c1ccc(F)cc1Br. The first-order valence-electron chi connectivity index (χ1n) is 6.23. The number of carbonyl (C=O) groups excluding carboxylic acids is 1. The lowest BCUT2D eigenvalue weighted by Gasteiger charge is -2.05. The van der Waals surface area contributed by atoms with Crippen molar-refractivity contribution in [1.29, 1.82) is 0 Å². The third-order valence-corrected chi connectivity index (χ3v) is 4.71. The Morgan fingerprint density at radius 1 is 1.22 bits per heavy atom. The predicted octanol–water partition coefficient (Wildman–Crippen LogP) is 3.97. The molecular weight excluding hydrogens is 409 g/mol. The Morgan fingerprint density at radius 2 is 1.91 bits per heavy atom. The highest BCUT2D eigenvalue weighted by atomic mass is 79.9. The summed E-state index contributed by atoms with van der Waals surface area (Å²) in [4.78, 5) is 12.0. The van der Waals surface area contributed by atoms with Gasteiger partial charge in [-0.05, 0) is 51.8 Å². The van der Waals surface area contributed by atoms with Crippen molar-refractivity contribution in [2.75, 3.05) is 0 Å². The van der Waals surface area contributed by atoms with Gasteiger partial charge in [0.1, 0.15) is 5.82 Å². The molecule has 2 aromatic rings. The third kappa shape index (κ3) is 4.89. The summed E-state index contributed by atoms with van der Waals surface area (Å²) in [6.07, 6.45) is 1.28. The van der Waals surface area contributed by atoms with E-state index in [1.54, 1.807) is 24.3 Å². The van der Waals surface area contributed by atoms with Gasteiger partial charge in [-0.15, -0.1) is 0 Å². The summed E-state index contributed by atoms with van der Waals surface area (Å²) in [5, 5.41) is 1.22. The monoisotopic (exact) mass is 417 g/mol. The number of hydrogen-bond donors (Lipinski definition) is 1. The van der Waals surface area contributed by atoms with E-state index >= 15 is 0 Å². The second-order valence-corrected chi connectivity index (χ2v) is 7.25. The van der Waals surface area contributed by atoms with Crippen LogP contribution in [0, 0.1) is 5.82 Å².